The molecular weight excluding hydrogens is 146 g/mol. The number of nitriles is 1. The molecule has 0 aromatic heterocycles. The minimum Gasteiger partial charge on any atom is -0.447 e. The molecule has 60 valence electrons. The van der Waals surface area contributed by atoms with Gasteiger partial charge in [-0.3, -0.25) is 4.79 Å². The highest BCUT2D eigenvalue weighted by molar-refractivity contribution is 5.73. The van der Waals surface area contributed by atoms with E-state index in [2.05, 4.69) is 0 Å². The Morgan fingerprint density at radius 1 is 1.82 bits per heavy atom. The molecule has 0 aromatic carbocycles. The zero-order chi connectivity index (χ0) is 8.27. The van der Waals surface area contributed by atoms with Crippen LogP contribution in [0.4, 0.5) is 0 Å². The molecule has 1 aliphatic heterocycles. The van der Waals surface area contributed by atoms with Gasteiger partial charge in [0.2, 0.25) is 0 Å². The molecular formula is C7H9NO3. The van der Waals surface area contributed by atoms with Crippen LogP contribution in [0.15, 0.2) is 0 Å². The molecule has 0 N–H and O–H groups in total. The van der Waals surface area contributed by atoms with E-state index in [9.17, 15) is 4.79 Å². The van der Waals surface area contributed by atoms with Crippen molar-refractivity contribution in [3.63, 3.8) is 0 Å². The summed E-state index contributed by atoms with van der Waals surface area (Å²) in [6, 6.07) is 1.82. The van der Waals surface area contributed by atoms with Gasteiger partial charge in [-0.15, -0.1) is 0 Å². The van der Waals surface area contributed by atoms with Gasteiger partial charge in [0.25, 0.3) is 0 Å². The maximum absolute atomic E-state index is 10.9. The summed E-state index contributed by atoms with van der Waals surface area (Å²) in [4.78, 5) is 10.9. The molecule has 0 radical (unpaired) electrons. The Labute approximate surface area is 64.7 Å². The number of nitrogens with zero attached hydrogens (tertiary/aromatic N) is 1. The van der Waals surface area contributed by atoms with Gasteiger partial charge in [-0.25, -0.2) is 0 Å². The minimum atomic E-state index is -0.650. The van der Waals surface area contributed by atoms with Crippen molar-refractivity contribution in [3.05, 3.63) is 0 Å². The van der Waals surface area contributed by atoms with E-state index in [0.29, 0.717) is 13.2 Å². The third-order valence-corrected chi connectivity index (χ3v) is 1.45. The molecule has 11 heavy (non-hydrogen) atoms. The van der Waals surface area contributed by atoms with Gasteiger partial charge in [-0.1, -0.05) is 0 Å². The summed E-state index contributed by atoms with van der Waals surface area (Å²) in [5, 5.41) is 8.30. The summed E-state index contributed by atoms with van der Waals surface area (Å²) in [6.45, 7) is 2.39. The number of carbonyl (C=O) groups is 1. The molecule has 1 aliphatic rings. The molecule has 1 heterocycles. The summed E-state index contributed by atoms with van der Waals surface area (Å²) in [5.74, 6) is -0.476. The first-order valence-corrected chi connectivity index (χ1v) is 3.42. The third-order valence-electron chi connectivity index (χ3n) is 1.45. The predicted octanol–water partition coefficient (Wildman–Crippen LogP) is 0.0881. The molecule has 1 atom stereocenters. The lowest BCUT2D eigenvalue weighted by Gasteiger charge is -2.24. The summed E-state index contributed by atoms with van der Waals surface area (Å²) in [7, 11) is 0. The lowest BCUT2D eigenvalue weighted by molar-refractivity contribution is -0.165. The van der Waals surface area contributed by atoms with Crippen LogP contribution in [-0.2, 0) is 14.3 Å². The molecule has 0 aliphatic carbocycles. The van der Waals surface area contributed by atoms with E-state index in [4.69, 9.17) is 14.7 Å². The molecule has 0 aromatic rings. The second kappa shape index (κ2) is 3.35. The Morgan fingerprint density at radius 2 is 2.45 bits per heavy atom. The molecule has 1 unspecified atom stereocenters. The number of carbonyl (C=O) groups excluding carboxylic acids is 1. The number of ether oxygens (including phenoxy) is 2. The van der Waals surface area contributed by atoms with Crippen LogP contribution in [0.3, 0.4) is 0 Å². The van der Waals surface area contributed by atoms with E-state index >= 15 is 0 Å². The largest absolute Gasteiger partial charge is 0.447 e. The van der Waals surface area contributed by atoms with Crippen LogP contribution in [-0.4, -0.2) is 25.3 Å². The van der Waals surface area contributed by atoms with Crippen molar-refractivity contribution in [2.75, 3.05) is 13.2 Å². The van der Waals surface area contributed by atoms with Gasteiger partial charge >= 0.3 is 5.97 Å². The molecule has 0 spiro atoms. The van der Waals surface area contributed by atoms with Crippen LogP contribution in [0.2, 0.25) is 0 Å². The number of esters is 1. The summed E-state index contributed by atoms with van der Waals surface area (Å²) in [5.41, 5.74) is 0. The fraction of sp³-hybridized carbons (Fsp3) is 0.714. The SMILES string of the molecule is CC(C#N)OC(=O)C1COC1. The van der Waals surface area contributed by atoms with Gasteiger partial charge in [0, 0.05) is 0 Å². The van der Waals surface area contributed by atoms with Gasteiger partial charge in [0.05, 0.1) is 13.2 Å². The Morgan fingerprint density at radius 3 is 2.82 bits per heavy atom. The first kappa shape index (κ1) is 8.02. The van der Waals surface area contributed by atoms with Crippen LogP contribution in [0, 0.1) is 17.2 Å². The Hall–Kier alpha value is -1.08. The number of hydrogen-bond acceptors (Lipinski definition) is 4. The molecule has 0 amide bonds. The van der Waals surface area contributed by atoms with E-state index in [0.717, 1.165) is 0 Å². The highest BCUT2D eigenvalue weighted by Gasteiger charge is 2.28. The average Bonchev–Trinajstić information content (AvgIpc) is 1.83. The van der Waals surface area contributed by atoms with Crippen molar-refractivity contribution in [1.82, 2.24) is 0 Å². The molecule has 1 saturated heterocycles. The highest BCUT2D eigenvalue weighted by atomic mass is 16.6. The Kier molecular flexibility index (Phi) is 2.44. The van der Waals surface area contributed by atoms with Gasteiger partial charge in [-0.05, 0) is 6.92 Å². The zero-order valence-corrected chi connectivity index (χ0v) is 6.24. The smallest absolute Gasteiger partial charge is 0.314 e. The van der Waals surface area contributed by atoms with Gasteiger partial charge < -0.3 is 9.47 Å². The van der Waals surface area contributed by atoms with E-state index in [1.807, 2.05) is 6.07 Å². The van der Waals surface area contributed by atoms with Gasteiger partial charge in [0.15, 0.2) is 6.10 Å². The molecule has 0 bridgehead atoms. The third kappa shape index (κ3) is 1.92. The van der Waals surface area contributed by atoms with E-state index in [1.54, 1.807) is 0 Å². The van der Waals surface area contributed by atoms with Crippen LogP contribution in [0.25, 0.3) is 0 Å². The van der Waals surface area contributed by atoms with E-state index in [-0.39, 0.29) is 11.9 Å². The van der Waals surface area contributed by atoms with E-state index in [1.165, 1.54) is 6.92 Å². The number of rotatable bonds is 2. The maximum atomic E-state index is 10.9. The molecule has 1 fully saturated rings. The van der Waals surface area contributed by atoms with Crippen molar-refractivity contribution in [2.24, 2.45) is 5.92 Å². The predicted molar refractivity (Wildman–Crippen MR) is 35.5 cm³/mol. The Bertz CT molecular complexity index is 192. The molecule has 1 rings (SSSR count). The summed E-state index contributed by atoms with van der Waals surface area (Å²) < 4.78 is 9.51. The fourth-order valence-electron chi connectivity index (χ4n) is 0.669. The normalized spacial score (nSPS) is 19.6. The first-order chi connectivity index (χ1) is 5.24. The van der Waals surface area contributed by atoms with Crippen molar-refractivity contribution < 1.29 is 14.3 Å². The maximum Gasteiger partial charge on any atom is 0.314 e. The van der Waals surface area contributed by atoms with Crippen LogP contribution in [0.1, 0.15) is 6.92 Å². The Balaban J connectivity index is 2.26. The zero-order valence-electron chi connectivity index (χ0n) is 6.24. The monoisotopic (exact) mass is 155 g/mol. The molecule has 4 nitrogen and oxygen atoms in total. The summed E-state index contributed by atoms with van der Waals surface area (Å²) in [6.07, 6.45) is -0.650. The van der Waals surface area contributed by atoms with Crippen molar-refractivity contribution in [3.8, 4) is 6.07 Å². The van der Waals surface area contributed by atoms with Crippen molar-refractivity contribution in [2.45, 2.75) is 13.0 Å². The average molecular weight is 155 g/mol. The van der Waals surface area contributed by atoms with E-state index < -0.39 is 6.10 Å². The van der Waals surface area contributed by atoms with Crippen LogP contribution in [0.5, 0.6) is 0 Å². The topological polar surface area (TPSA) is 59.3 Å². The quantitative estimate of drug-likeness (QED) is 0.530. The fourth-order valence-corrected chi connectivity index (χ4v) is 0.669. The second-order valence-corrected chi connectivity index (χ2v) is 2.44. The lowest BCUT2D eigenvalue weighted by atomic mass is 10.1. The first-order valence-electron chi connectivity index (χ1n) is 3.42. The van der Waals surface area contributed by atoms with Gasteiger partial charge in [-0.2, -0.15) is 5.26 Å². The lowest BCUT2D eigenvalue weighted by Crippen LogP contribution is -2.37. The minimum absolute atomic E-state index is 0.147. The van der Waals surface area contributed by atoms with Crippen LogP contribution < -0.4 is 0 Å². The van der Waals surface area contributed by atoms with Crippen molar-refractivity contribution in [1.29, 1.82) is 5.26 Å². The number of hydrogen-bond donors (Lipinski definition) is 0. The summed E-state index contributed by atoms with van der Waals surface area (Å²) >= 11 is 0. The molecule has 0 saturated carbocycles. The van der Waals surface area contributed by atoms with Crippen LogP contribution >= 0.6 is 0 Å². The highest BCUT2D eigenvalue weighted by Crippen LogP contribution is 2.12. The molecule has 4 heteroatoms. The standard InChI is InChI=1S/C7H9NO3/c1-5(2-8)11-7(9)6-3-10-4-6/h5-6H,3-4H2,1H3. The van der Waals surface area contributed by atoms with Gasteiger partial charge in [0.1, 0.15) is 12.0 Å². The van der Waals surface area contributed by atoms with Crippen molar-refractivity contribution >= 4 is 5.97 Å². The second-order valence-electron chi connectivity index (χ2n) is 2.44.